The van der Waals surface area contributed by atoms with Crippen LogP contribution in [0.3, 0.4) is 0 Å². The van der Waals surface area contributed by atoms with Crippen molar-refractivity contribution in [1.29, 1.82) is 0 Å². The minimum absolute atomic E-state index is 0.000254. The second-order valence-corrected chi connectivity index (χ2v) is 6.58. The molecule has 130 valence electrons. The number of nitrogens with zero attached hydrogens (tertiary/aromatic N) is 3. The lowest BCUT2D eigenvalue weighted by atomic mass is 10.1. The molecule has 1 saturated carbocycles. The van der Waals surface area contributed by atoms with Crippen LogP contribution in [0.5, 0.6) is 0 Å². The Kier molecular flexibility index (Phi) is 3.67. The van der Waals surface area contributed by atoms with Crippen LogP contribution in [0.2, 0.25) is 0 Å². The first-order chi connectivity index (χ1) is 12.0. The van der Waals surface area contributed by atoms with Gasteiger partial charge in [0.1, 0.15) is 6.17 Å². The normalized spacial score (nSPS) is 23.2. The van der Waals surface area contributed by atoms with E-state index < -0.39 is 12.1 Å². The number of amides is 1. The first kappa shape index (κ1) is 15.6. The number of nitrogens with one attached hydrogen (secondary N) is 2. The van der Waals surface area contributed by atoms with Crippen LogP contribution in [0.1, 0.15) is 30.1 Å². The van der Waals surface area contributed by atoms with Gasteiger partial charge in [0.25, 0.3) is 5.91 Å². The number of primary amides is 1. The fourth-order valence-corrected chi connectivity index (χ4v) is 3.45. The Morgan fingerprint density at radius 2 is 2.32 bits per heavy atom. The SMILES string of the molecule is C[C@H]1CC[C@@H](Nc2c(C(N)=O)cnn3cc(-c4ccn[nH]4)cc23)[C@H]1F. The zero-order chi connectivity index (χ0) is 17.6. The van der Waals surface area contributed by atoms with Crippen molar-refractivity contribution in [1.82, 2.24) is 19.8 Å². The summed E-state index contributed by atoms with van der Waals surface area (Å²) in [7, 11) is 0. The summed E-state index contributed by atoms with van der Waals surface area (Å²) in [6.45, 7) is 1.90. The minimum atomic E-state index is -0.962. The van der Waals surface area contributed by atoms with Gasteiger partial charge in [-0.05, 0) is 30.9 Å². The average molecular weight is 342 g/mol. The van der Waals surface area contributed by atoms with Gasteiger partial charge in [0.2, 0.25) is 0 Å². The lowest BCUT2D eigenvalue weighted by molar-refractivity contribution is 0.100. The number of aromatic nitrogens is 4. The minimum Gasteiger partial charge on any atom is -0.377 e. The van der Waals surface area contributed by atoms with E-state index in [1.54, 1.807) is 10.7 Å². The third-order valence-corrected chi connectivity index (χ3v) is 4.91. The van der Waals surface area contributed by atoms with E-state index in [4.69, 9.17) is 5.73 Å². The highest BCUT2D eigenvalue weighted by molar-refractivity contribution is 6.02. The number of nitrogens with two attached hydrogens (primary N) is 1. The van der Waals surface area contributed by atoms with Crippen molar-refractivity contribution in [2.45, 2.75) is 32.0 Å². The summed E-state index contributed by atoms with van der Waals surface area (Å²) >= 11 is 0. The van der Waals surface area contributed by atoms with Gasteiger partial charge < -0.3 is 11.1 Å². The Labute approximate surface area is 143 Å². The number of hydrogen-bond donors (Lipinski definition) is 3. The molecule has 4 rings (SSSR count). The first-order valence-electron chi connectivity index (χ1n) is 8.26. The van der Waals surface area contributed by atoms with Crippen molar-refractivity contribution in [3.8, 4) is 11.3 Å². The topological polar surface area (TPSA) is 101 Å². The van der Waals surface area contributed by atoms with Crippen LogP contribution in [0, 0.1) is 5.92 Å². The summed E-state index contributed by atoms with van der Waals surface area (Å²) in [6.07, 6.45) is 5.46. The molecule has 1 aliphatic carbocycles. The third kappa shape index (κ3) is 2.63. The van der Waals surface area contributed by atoms with E-state index in [9.17, 15) is 9.18 Å². The van der Waals surface area contributed by atoms with Gasteiger partial charge >= 0.3 is 0 Å². The molecule has 0 saturated heterocycles. The van der Waals surface area contributed by atoms with Gasteiger partial charge in [-0.25, -0.2) is 8.91 Å². The molecule has 3 aromatic heterocycles. The monoisotopic (exact) mass is 342 g/mol. The molecule has 4 N–H and O–H groups in total. The zero-order valence-electron chi connectivity index (χ0n) is 13.7. The molecule has 3 heterocycles. The predicted molar refractivity (Wildman–Crippen MR) is 92.0 cm³/mol. The van der Waals surface area contributed by atoms with Crippen LogP contribution in [-0.4, -0.2) is 37.9 Å². The molecule has 0 aromatic carbocycles. The highest BCUT2D eigenvalue weighted by Gasteiger charge is 2.34. The molecule has 0 aliphatic heterocycles. The van der Waals surface area contributed by atoms with Crippen LogP contribution in [0.4, 0.5) is 10.1 Å². The molecule has 3 aromatic rings. The Morgan fingerprint density at radius 1 is 1.48 bits per heavy atom. The Morgan fingerprint density at radius 3 is 2.96 bits per heavy atom. The van der Waals surface area contributed by atoms with E-state index in [0.29, 0.717) is 17.6 Å². The molecule has 1 fully saturated rings. The average Bonchev–Trinajstić information content (AvgIpc) is 3.30. The molecule has 25 heavy (non-hydrogen) atoms. The Bertz CT molecular complexity index is 919. The fourth-order valence-electron chi connectivity index (χ4n) is 3.45. The number of hydrogen-bond acceptors (Lipinski definition) is 4. The van der Waals surface area contributed by atoms with Crippen molar-refractivity contribution in [2.24, 2.45) is 11.7 Å². The molecule has 8 heteroatoms. The smallest absolute Gasteiger partial charge is 0.252 e. The van der Waals surface area contributed by atoms with Crippen molar-refractivity contribution >= 4 is 17.1 Å². The van der Waals surface area contributed by atoms with E-state index >= 15 is 0 Å². The third-order valence-electron chi connectivity index (χ3n) is 4.91. The summed E-state index contributed by atoms with van der Waals surface area (Å²) in [5.41, 5.74) is 8.66. The quantitative estimate of drug-likeness (QED) is 0.677. The lowest BCUT2D eigenvalue weighted by Gasteiger charge is -2.20. The maximum absolute atomic E-state index is 14.4. The highest BCUT2D eigenvalue weighted by Crippen LogP contribution is 2.34. The van der Waals surface area contributed by atoms with Crippen molar-refractivity contribution in [3.63, 3.8) is 0 Å². The van der Waals surface area contributed by atoms with Crippen LogP contribution in [0.15, 0.2) is 30.7 Å². The van der Waals surface area contributed by atoms with E-state index in [1.165, 1.54) is 6.20 Å². The number of carbonyl (C=O) groups excluding carboxylic acids is 1. The van der Waals surface area contributed by atoms with Gasteiger partial charge in [0.05, 0.1) is 34.7 Å². The molecule has 0 unspecified atom stereocenters. The van der Waals surface area contributed by atoms with E-state index in [-0.39, 0.29) is 17.5 Å². The number of halogens is 1. The highest BCUT2D eigenvalue weighted by atomic mass is 19.1. The van der Waals surface area contributed by atoms with Gasteiger partial charge in [-0.1, -0.05) is 6.92 Å². The summed E-state index contributed by atoms with van der Waals surface area (Å²) < 4.78 is 16.1. The Hall–Kier alpha value is -2.90. The number of anilines is 1. The molecular weight excluding hydrogens is 323 g/mol. The number of carbonyl (C=O) groups is 1. The number of fused-ring (bicyclic) bond motifs is 1. The van der Waals surface area contributed by atoms with Crippen LogP contribution in [-0.2, 0) is 0 Å². The molecular formula is C17H19FN6O. The summed E-state index contributed by atoms with van der Waals surface area (Å²) in [6, 6.07) is 3.37. The van der Waals surface area contributed by atoms with E-state index in [1.807, 2.05) is 25.3 Å². The van der Waals surface area contributed by atoms with E-state index in [2.05, 4.69) is 20.6 Å². The standard InChI is InChI=1S/C17H19FN6O/c1-9-2-3-13(15(9)18)22-16-11(17(19)25)7-21-24-8-10(6-14(16)24)12-4-5-20-23-12/h4-9,13,15,22H,2-3H2,1H3,(H2,19,25)(H,20,23)/t9-,13+,15-/m0/s1. The predicted octanol–water partition coefficient (Wildman–Crippen LogP) is 2.37. The van der Waals surface area contributed by atoms with Crippen LogP contribution < -0.4 is 11.1 Å². The molecule has 7 nitrogen and oxygen atoms in total. The van der Waals surface area contributed by atoms with Gasteiger partial charge in [0.15, 0.2) is 0 Å². The number of alkyl halides is 1. The first-order valence-corrected chi connectivity index (χ1v) is 8.26. The fraction of sp³-hybridized carbons (Fsp3) is 0.353. The second kappa shape index (κ2) is 5.87. The van der Waals surface area contributed by atoms with Crippen LogP contribution in [0.25, 0.3) is 16.8 Å². The van der Waals surface area contributed by atoms with Gasteiger partial charge in [0, 0.05) is 18.0 Å². The lowest BCUT2D eigenvalue weighted by Crippen LogP contribution is -2.29. The molecule has 0 spiro atoms. The van der Waals surface area contributed by atoms with Crippen molar-refractivity contribution < 1.29 is 9.18 Å². The zero-order valence-corrected chi connectivity index (χ0v) is 13.7. The summed E-state index contributed by atoms with van der Waals surface area (Å²) in [5, 5.41) is 14.3. The van der Waals surface area contributed by atoms with Gasteiger partial charge in [-0.15, -0.1) is 0 Å². The van der Waals surface area contributed by atoms with Crippen LogP contribution >= 0.6 is 0 Å². The molecule has 1 amide bonds. The number of aromatic amines is 1. The second-order valence-electron chi connectivity index (χ2n) is 6.58. The maximum atomic E-state index is 14.4. The molecule has 0 bridgehead atoms. The largest absolute Gasteiger partial charge is 0.377 e. The van der Waals surface area contributed by atoms with Gasteiger partial charge in [-0.3, -0.25) is 9.89 Å². The number of rotatable bonds is 4. The molecule has 3 atom stereocenters. The number of H-pyrrole nitrogens is 1. The van der Waals surface area contributed by atoms with E-state index in [0.717, 1.165) is 17.7 Å². The van der Waals surface area contributed by atoms with Crippen molar-refractivity contribution in [2.75, 3.05) is 5.32 Å². The Balaban J connectivity index is 1.81. The summed E-state index contributed by atoms with van der Waals surface area (Å²) in [4.78, 5) is 11.8. The molecule has 0 radical (unpaired) electrons. The van der Waals surface area contributed by atoms with Crippen molar-refractivity contribution in [3.05, 3.63) is 36.3 Å². The van der Waals surface area contributed by atoms with Gasteiger partial charge in [-0.2, -0.15) is 10.2 Å². The molecule has 1 aliphatic rings. The maximum Gasteiger partial charge on any atom is 0.252 e. The summed E-state index contributed by atoms with van der Waals surface area (Å²) in [5.74, 6) is -0.594.